The fourth-order valence-electron chi connectivity index (χ4n) is 2.04. The average Bonchev–Trinajstić information content (AvgIpc) is 2.41. The Kier molecular flexibility index (Phi) is 4.85. The standard InChI is InChI=1S/C14H15Cl2N3O2/c1-8(10-4-3-9(15)7-11(10)16)17-14(21)12-5-6-13(20)19(2)18-12/h3-4,7-8H,5-6H2,1-2H3,(H,17,21)/t8-/m1/s1. The van der Waals surface area contributed by atoms with Crippen LogP contribution in [0.25, 0.3) is 0 Å². The Balaban J connectivity index is 2.09. The minimum absolute atomic E-state index is 0.0969. The lowest BCUT2D eigenvalue weighted by atomic mass is 10.1. The molecule has 0 saturated heterocycles. The smallest absolute Gasteiger partial charge is 0.267 e. The van der Waals surface area contributed by atoms with Crippen LogP contribution in [-0.2, 0) is 9.59 Å². The van der Waals surface area contributed by atoms with Crippen LogP contribution in [0.5, 0.6) is 0 Å². The van der Waals surface area contributed by atoms with Gasteiger partial charge in [-0.1, -0.05) is 29.3 Å². The van der Waals surface area contributed by atoms with Crippen molar-refractivity contribution in [2.45, 2.75) is 25.8 Å². The van der Waals surface area contributed by atoms with Crippen molar-refractivity contribution in [2.75, 3.05) is 7.05 Å². The van der Waals surface area contributed by atoms with E-state index in [9.17, 15) is 9.59 Å². The van der Waals surface area contributed by atoms with Crippen molar-refractivity contribution in [2.24, 2.45) is 5.10 Å². The van der Waals surface area contributed by atoms with Crippen molar-refractivity contribution in [3.63, 3.8) is 0 Å². The first-order chi connectivity index (χ1) is 9.88. The third kappa shape index (κ3) is 3.74. The van der Waals surface area contributed by atoms with Crippen LogP contribution in [-0.4, -0.2) is 29.6 Å². The zero-order valence-electron chi connectivity index (χ0n) is 11.7. The summed E-state index contributed by atoms with van der Waals surface area (Å²) < 4.78 is 0. The highest BCUT2D eigenvalue weighted by atomic mass is 35.5. The molecule has 0 radical (unpaired) electrons. The number of halogens is 2. The van der Waals surface area contributed by atoms with E-state index >= 15 is 0 Å². The van der Waals surface area contributed by atoms with Gasteiger partial charge in [-0.2, -0.15) is 5.10 Å². The Labute approximate surface area is 132 Å². The van der Waals surface area contributed by atoms with E-state index in [2.05, 4.69) is 10.4 Å². The lowest BCUT2D eigenvalue weighted by molar-refractivity contribution is -0.130. The molecule has 5 nitrogen and oxygen atoms in total. The molecule has 0 spiro atoms. The lowest BCUT2D eigenvalue weighted by Gasteiger charge is -2.21. The molecule has 1 atom stereocenters. The third-order valence-electron chi connectivity index (χ3n) is 3.25. The quantitative estimate of drug-likeness (QED) is 0.927. The van der Waals surface area contributed by atoms with Gasteiger partial charge in [-0.05, 0) is 24.6 Å². The average molecular weight is 328 g/mol. The SMILES string of the molecule is C[C@@H](NC(=O)C1=NN(C)C(=O)CC1)c1ccc(Cl)cc1Cl. The maximum atomic E-state index is 12.2. The fraction of sp³-hybridized carbons (Fsp3) is 0.357. The minimum Gasteiger partial charge on any atom is -0.344 e. The van der Waals surface area contributed by atoms with Crippen LogP contribution in [0.4, 0.5) is 0 Å². The summed E-state index contributed by atoms with van der Waals surface area (Å²) in [6.07, 6.45) is 0.634. The second kappa shape index (κ2) is 6.45. The number of nitrogens with one attached hydrogen (secondary N) is 1. The second-order valence-corrected chi connectivity index (χ2v) is 5.67. The van der Waals surface area contributed by atoms with Crippen LogP contribution in [0, 0.1) is 0 Å². The summed E-state index contributed by atoms with van der Waals surface area (Å²) in [6, 6.07) is 4.84. The Bertz CT molecular complexity index is 616. The van der Waals surface area contributed by atoms with E-state index in [1.54, 1.807) is 18.2 Å². The van der Waals surface area contributed by atoms with E-state index in [-0.39, 0.29) is 17.9 Å². The second-order valence-electron chi connectivity index (χ2n) is 4.83. The summed E-state index contributed by atoms with van der Waals surface area (Å²) in [4.78, 5) is 23.5. The molecule has 2 rings (SSSR count). The predicted octanol–water partition coefficient (Wildman–Crippen LogP) is 2.78. The normalized spacial score (nSPS) is 16.5. The van der Waals surface area contributed by atoms with E-state index in [1.165, 1.54) is 12.1 Å². The van der Waals surface area contributed by atoms with Gasteiger partial charge in [0.2, 0.25) is 5.91 Å². The molecule has 0 unspecified atom stereocenters. The van der Waals surface area contributed by atoms with Crippen molar-refractivity contribution in [1.82, 2.24) is 10.3 Å². The highest BCUT2D eigenvalue weighted by Gasteiger charge is 2.23. The summed E-state index contributed by atoms with van der Waals surface area (Å²) >= 11 is 12.0. The molecule has 2 amide bonds. The van der Waals surface area contributed by atoms with Crippen LogP contribution in [0.1, 0.15) is 31.4 Å². The maximum absolute atomic E-state index is 12.2. The van der Waals surface area contributed by atoms with Gasteiger partial charge in [0.1, 0.15) is 5.71 Å². The van der Waals surface area contributed by atoms with Gasteiger partial charge in [-0.15, -0.1) is 0 Å². The van der Waals surface area contributed by atoms with Gasteiger partial charge in [-0.3, -0.25) is 9.59 Å². The monoisotopic (exact) mass is 327 g/mol. The molecule has 0 bridgehead atoms. The number of amides is 2. The molecule has 0 aromatic heterocycles. The first-order valence-corrected chi connectivity index (χ1v) is 7.24. The molecular weight excluding hydrogens is 313 g/mol. The summed E-state index contributed by atoms with van der Waals surface area (Å²) in [5, 5.41) is 9.03. The number of carbonyl (C=O) groups is 2. The van der Waals surface area contributed by atoms with Gasteiger partial charge in [0.05, 0.1) is 6.04 Å². The molecule has 21 heavy (non-hydrogen) atoms. The van der Waals surface area contributed by atoms with Gasteiger partial charge in [-0.25, -0.2) is 5.01 Å². The molecule has 0 aliphatic carbocycles. The molecule has 112 valence electrons. The highest BCUT2D eigenvalue weighted by Crippen LogP contribution is 2.26. The molecule has 0 fully saturated rings. The number of hydrogen-bond donors (Lipinski definition) is 1. The highest BCUT2D eigenvalue weighted by molar-refractivity contribution is 6.39. The number of hydrazone groups is 1. The summed E-state index contributed by atoms with van der Waals surface area (Å²) in [6.45, 7) is 1.82. The number of rotatable bonds is 3. The maximum Gasteiger partial charge on any atom is 0.267 e. The number of hydrogen-bond acceptors (Lipinski definition) is 3. The Morgan fingerprint density at radius 3 is 2.71 bits per heavy atom. The zero-order chi connectivity index (χ0) is 15.6. The van der Waals surface area contributed by atoms with Crippen molar-refractivity contribution in [3.8, 4) is 0 Å². The van der Waals surface area contributed by atoms with Crippen molar-refractivity contribution < 1.29 is 9.59 Å². The van der Waals surface area contributed by atoms with Gasteiger partial charge in [0, 0.05) is 29.9 Å². The van der Waals surface area contributed by atoms with Gasteiger partial charge < -0.3 is 5.32 Å². The predicted molar refractivity (Wildman–Crippen MR) is 82.5 cm³/mol. The molecule has 0 saturated carbocycles. The van der Waals surface area contributed by atoms with Crippen LogP contribution < -0.4 is 5.32 Å². The van der Waals surface area contributed by atoms with Gasteiger partial charge in [0.25, 0.3) is 5.91 Å². The number of carbonyl (C=O) groups excluding carboxylic acids is 2. The first-order valence-electron chi connectivity index (χ1n) is 6.48. The molecule has 1 heterocycles. The molecule has 1 N–H and O–H groups in total. The van der Waals surface area contributed by atoms with Crippen LogP contribution >= 0.6 is 23.2 Å². The van der Waals surface area contributed by atoms with Crippen LogP contribution in [0.3, 0.4) is 0 Å². The molecule has 7 heteroatoms. The Morgan fingerprint density at radius 1 is 1.38 bits per heavy atom. The van der Waals surface area contributed by atoms with Crippen LogP contribution in [0.15, 0.2) is 23.3 Å². The first kappa shape index (κ1) is 15.8. The largest absolute Gasteiger partial charge is 0.344 e. The minimum atomic E-state index is -0.298. The van der Waals surface area contributed by atoms with E-state index in [4.69, 9.17) is 23.2 Å². The van der Waals surface area contributed by atoms with E-state index in [0.29, 0.717) is 28.6 Å². The van der Waals surface area contributed by atoms with E-state index < -0.39 is 0 Å². The van der Waals surface area contributed by atoms with Crippen molar-refractivity contribution in [3.05, 3.63) is 33.8 Å². The van der Waals surface area contributed by atoms with Crippen molar-refractivity contribution in [1.29, 1.82) is 0 Å². The Hall–Kier alpha value is -1.59. The molecular formula is C14H15Cl2N3O2. The van der Waals surface area contributed by atoms with E-state index in [0.717, 1.165) is 5.56 Å². The molecule has 1 aliphatic rings. The van der Waals surface area contributed by atoms with Gasteiger partial charge >= 0.3 is 0 Å². The lowest BCUT2D eigenvalue weighted by Crippen LogP contribution is -2.38. The fourth-order valence-corrected chi connectivity index (χ4v) is 2.62. The molecule has 1 aliphatic heterocycles. The number of benzene rings is 1. The zero-order valence-corrected chi connectivity index (χ0v) is 13.2. The third-order valence-corrected chi connectivity index (χ3v) is 3.81. The summed E-state index contributed by atoms with van der Waals surface area (Å²) in [5.74, 6) is -0.395. The van der Waals surface area contributed by atoms with E-state index in [1.807, 2.05) is 6.92 Å². The summed E-state index contributed by atoms with van der Waals surface area (Å²) in [5.41, 5.74) is 1.12. The molecule has 1 aromatic rings. The topological polar surface area (TPSA) is 61.8 Å². The summed E-state index contributed by atoms with van der Waals surface area (Å²) in [7, 11) is 1.54. The molecule has 1 aromatic carbocycles. The van der Waals surface area contributed by atoms with Gasteiger partial charge in [0.15, 0.2) is 0 Å². The van der Waals surface area contributed by atoms with Crippen molar-refractivity contribution >= 4 is 40.7 Å². The van der Waals surface area contributed by atoms with Crippen LogP contribution in [0.2, 0.25) is 10.0 Å². The number of nitrogens with zero attached hydrogens (tertiary/aromatic N) is 2. The Morgan fingerprint density at radius 2 is 2.10 bits per heavy atom.